The van der Waals surface area contributed by atoms with Gasteiger partial charge in [0.15, 0.2) is 11.6 Å². The first-order valence-corrected chi connectivity index (χ1v) is 9.19. The van der Waals surface area contributed by atoms with E-state index in [-0.39, 0.29) is 11.7 Å². The first-order valence-electron chi connectivity index (χ1n) is 9.19. The number of hydrogen-bond acceptors (Lipinski definition) is 7. The maximum atomic E-state index is 14.2. The topological polar surface area (TPSA) is 88.6 Å². The van der Waals surface area contributed by atoms with E-state index in [1.807, 2.05) is 18.2 Å². The standard InChI is InChI=1S/C21H20FN5O3/c1-29-18-5-3-4-15-16(18)11-27(26-21(28)13-9-23-12-24-10-13)20(15)25-14-6-7-19(30-2)17(22)8-14/h3-10,12,20,25H,11H2,1-2H3,(H,26,28). The number of hydrogen-bond donors (Lipinski definition) is 2. The van der Waals surface area contributed by atoms with Crippen molar-refractivity contribution in [1.82, 2.24) is 20.4 Å². The molecule has 1 atom stereocenters. The SMILES string of the molecule is COc1ccc(NC2c3cccc(OC)c3CN2NC(=O)c2cncnc2)cc1F. The van der Waals surface area contributed by atoms with Crippen molar-refractivity contribution < 1.29 is 18.7 Å². The quantitative estimate of drug-likeness (QED) is 0.647. The molecule has 1 unspecified atom stereocenters. The number of anilines is 1. The highest BCUT2D eigenvalue weighted by molar-refractivity contribution is 5.93. The predicted molar refractivity (Wildman–Crippen MR) is 107 cm³/mol. The molecule has 0 aliphatic carbocycles. The Labute approximate surface area is 172 Å². The lowest BCUT2D eigenvalue weighted by Gasteiger charge is -2.27. The molecule has 4 rings (SSSR count). The number of ether oxygens (including phenoxy) is 2. The van der Waals surface area contributed by atoms with Crippen LogP contribution in [0.25, 0.3) is 0 Å². The number of methoxy groups -OCH3 is 2. The molecule has 0 saturated carbocycles. The van der Waals surface area contributed by atoms with Gasteiger partial charge < -0.3 is 14.8 Å². The van der Waals surface area contributed by atoms with Gasteiger partial charge in [0, 0.05) is 36.3 Å². The molecule has 2 N–H and O–H groups in total. The summed E-state index contributed by atoms with van der Waals surface area (Å²) in [7, 11) is 3.01. The summed E-state index contributed by atoms with van der Waals surface area (Å²) in [6, 6.07) is 10.3. The summed E-state index contributed by atoms with van der Waals surface area (Å²) in [4.78, 5) is 20.4. The smallest absolute Gasteiger partial charge is 0.268 e. The fourth-order valence-electron chi connectivity index (χ4n) is 3.41. The molecule has 2 aromatic carbocycles. The Morgan fingerprint density at radius 3 is 2.60 bits per heavy atom. The van der Waals surface area contributed by atoms with Crippen LogP contribution < -0.4 is 20.2 Å². The molecule has 0 spiro atoms. The number of nitrogens with zero attached hydrogens (tertiary/aromatic N) is 3. The van der Waals surface area contributed by atoms with Gasteiger partial charge in [0.05, 0.1) is 19.8 Å². The molecular weight excluding hydrogens is 389 g/mol. The predicted octanol–water partition coefficient (Wildman–Crippen LogP) is 2.90. The lowest BCUT2D eigenvalue weighted by molar-refractivity contribution is 0.0731. The van der Waals surface area contributed by atoms with E-state index in [0.29, 0.717) is 23.5 Å². The molecule has 0 radical (unpaired) electrons. The number of hydrazine groups is 1. The van der Waals surface area contributed by atoms with Crippen molar-refractivity contribution in [3.05, 3.63) is 77.6 Å². The van der Waals surface area contributed by atoms with Gasteiger partial charge in [-0.05, 0) is 23.8 Å². The van der Waals surface area contributed by atoms with Gasteiger partial charge in [0.25, 0.3) is 5.91 Å². The van der Waals surface area contributed by atoms with Gasteiger partial charge in [-0.25, -0.2) is 14.4 Å². The second kappa shape index (κ2) is 8.34. The van der Waals surface area contributed by atoms with Crippen LogP contribution in [0.15, 0.2) is 55.1 Å². The molecule has 0 fully saturated rings. The first-order chi connectivity index (χ1) is 14.6. The second-order valence-corrected chi connectivity index (χ2v) is 6.62. The van der Waals surface area contributed by atoms with Crippen LogP contribution in [0.3, 0.4) is 0 Å². The highest BCUT2D eigenvalue weighted by Gasteiger charge is 2.34. The van der Waals surface area contributed by atoms with Crippen LogP contribution in [0.1, 0.15) is 27.7 Å². The van der Waals surface area contributed by atoms with Crippen molar-refractivity contribution in [2.24, 2.45) is 0 Å². The van der Waals surface area contributed by atoms with E-state index in [1.54, 1.807) is 24.3 Å². The summed E-state index contributed by atoms with van der Waals surface area (Å²) in [5.41, 5.74) is 5.58. The largest absolute Gasteiger partial charge is 0.496 e. The Balaban J connectivity index is 1.64. The van der Waals surface area contributed by atoms with E-state index < -0.39 is 12.0 Å². The summed E-state index contributed by atoms with van der Waals surface area (Å²) in [5.74, 6) is 0.0294. The molecule has 1 aliphatic heterocycles. The van der Waals surface area contributed by atoms with Crippen LogP contribution in [-0.4, -0.2) is 35.1 Å². The maximum Gasteiger partial charge on any atom is 0.268 e. The number of nitrogens with one attached hydrogen (secondary N) is 2. The van der Waals surface area contributed by atoms with Crippen LogP contribution >= 0.6 is 0 Å². The van der Waals surface area contributed by atoms with E-state index in [2.05, 4.69) is 20.7 Å². The Morgan fingerprint density at radius 2 is 1.90 bits per heavy atom. The van der Waals surface area contributed by atoms with Crippen molar-refractivity contribution in [2.45, 2.75) is 12.7 Å². The molecule has 8 nitrogen and oxygen atoms in total. The first kappa shape index (κ1) is 19.6. The van der Waals surface area contributed by atoms with Crippen molar-refractivity contribution in [2.75, 3.05) is 19.5 Å². The van der Waals surface area contributed by atoms with Gasteiger partial charge in [0.2, 0.25) is 0 Å². The van der Waals surface area contributed by atoms with E-state index in [4.69, 9.17) is 9.47 Å². The minimum absolute atomic E-state index is 0.156. The molecule has 1 aromatic heterocycles. The maximum absolute atomic E-state index is 14.2. The van der Waals surface area contributed by atoms with Gasteiger partial charge in [-0.3, -0.25) is 10.2 Å². The van der Waals surface area contributed by atoms with Gasteiger partial charge in [-0.2, -0.15) is 5.01 Å². The van der Waals surface area contributed by atoms with E-state index in [9.17, 15) is 9.18 Å². The van der Waals surface area contributed by atoms with Crippen LogP contribution in [0.5, 0.6) is 11.5 Å². The number of rotatable bonds is 6. The Bertz CT molecular complexity index is 1060. The average Bonchev–Trinajstić information content (AvgIpc) is 3.11. The van der Waals surface area contributed by atoms with Crippen LogP contribution in [-0.2, 0) is 6.54 Å². The zero-order valence-corrected chi connectivity index (χ0v) is 16.4. The summed E-state index contributed by atoms with van der Waals surface area (Å²) in [6.07, 6.45) is 3.79. The van der Waals surface area contributed by atoms with Crippen LogP contribution in [0, 0.1) is 5.82 Å². The van der Waals surface area contributed by atoms with Crippen molar-refractivity contribution >= 4 is 11.6 Å². The molecule has 9 heteroatoms. The normalized spacial score (nSPS) is 15.4. The number of aromatic nitrogens is 2. The number of fused-ring (bicyclic) bond motifs is 1. The molecule has 30 heavy (non-hydrogen) atoms. The van der Waals surface area contributed by atoms with Gasteiger partial charge in [0.1, 0.15) is 18.2 Å². The molecule has 1 amide bonds. The van der Waals surface area contributed by atoms with Gasteiger partial charge in [-0.1, -0.05) is 12.1 Å². The Kier molecular flexibility index (Phi) is 5.44. The van der Waals surface area contributed by atoms with Crippen molar-refractivity contribution in [3.8, 4) is 11.5 Å². The third-order valence-electron chi connectivity index (χ3n) is 4.85. The Morgan fingerprint density at radius 1 is 1.13 bits per heavy atom. The van der Waals surface area contributed by atoms with Crippen molar-refractivity contribution in [3.63, 3.8) is 0 Å². The van der Waals surface area contributed by atoms with Crippen LogP contribution in [0.2, 0.25) is 0 Å². The number of halogens is 1. The lowest BCUT2D eigenvalue weighted by atomic mass is 10.1. The zero-order chi connectivity index (χ0) is 21.1. The molecule has 154 valence electrons. The zero-order valence-electron chi connectivity index (χ0n) is 16.4. The fraction of sp³-hybridized carbons (Fsp3) is 0.190. The van der Waals surface area contributed by atoms with Crippen molar-refractivity contribution in [1.29, 1.82) is 0 Å². The third-order valence-corrected chi connectivity index (χ3v) is 4.85. The highest BCUT2D eigenvalue weighted by Crippen LogP contribution is 2.38. The molecule has 0 bridgehead atoms. The summed E-state index contributed by atoms with van der Waals surface area (Å²) in [6.45, 7) is 0.398. The molecule has 1 aliphatic rings. The molecular formula is C21H20FN5O3. The van der Waals surface area contributed by atoms with E-state index >= 15 is 0 Å². The third kappa shape index (κ3) is 3.74. The minimum atomic E-state index is -0.483. The van der Waals surface area contributed by atoms with E-state index in [1.165, 1.54) is 31.9 Å². The summed E-state index contributed by atoms with van der Waals surface area (Å²) in [5, 5.41) is 5.00. The number of benzene rings is 2. The number of carbonyl (C=O) groups excluding carboxylic acids is 1. The Hall–Kier alpha value is -3.72. The highest BCUT2D eigenvalue weighted by atomic mass is 19.1. The van der Waals surface area contributed by atoms with Gasteiger partial charge in [-0.15, -0.1) is 0 Å². The number of amides is 1. The van der Waals surface area contributed by atoms with Crippen LogP contribution in [0.4, 0.5) is 10.1 Å². The average molecular weight is 409 g/mol. The fourth-order valence-corrected chi connectivity index (χ4v) is 3.41. The van der Waals surface area contributed by atoms with Gasteiger partial charge >= 0.3 is 0 Å². The number of carbonyl (C=O) groups is 1. The second-order valence-electron chi connectivity index (χ2n) is 6.62. The molecule has 2 heterocycles. The molecule has 0 saturated heterocycles. The molecule has 3 aromatic rings. The summed E-state index contributed by atoms with van der Waals surface area (Å²) < 4.78 is 24.6. The lowest BCUT2D eigenvalue weighted by Crippen LogP contribution is -2.43. The summed E-state index contributed by atoms with van der Waals surface area (Å²) >= 11 is 0. The minimum Gasteiger partial charge on any atom is -0.496 e. The van der Waals surface area contributed by atoms with E-state index in [0.717, 1.165) is 11.1 Å². The monoisotopic (exact) mass is 409 g/mol.